The third kappa shape index (κ3) is 1.77. The highest BCUT2D eigenvalue weighted by molar-refractivity contribution is 5.77. The number of fused-ring (bicyclic) bond motifs is 1. The predicted molar refractivity (Wildman–Crippen MR) is 63.8 cm³/mol. The Morgan fingerprint density at radius 3 is 2.47 bits per heavy atom. The molecule has 17 heavy (non-hydrogen) atoms. The molecule has 4 nitrogen and oxygen atoms in total. The lowest BCUT2D eigenvalue weighted by molar-refractivity contribution is 0.369. The zero-order valence-corrected chi connectivity index (χ0v) is 9.87. The van der Waals surface area contributed by atoms with Gasteiger partial charge in [-0.1, -0.05) is 6.07 Å². The lowest BCUT2D eigenvalue weighted by Gasteiger charge is -2.21. The number of nitrogens with one attached hydrogen (secondary N) is 1. The van der Waals surface area contributed by atoms with Gasteiger partial charge < -0.3 is 4.98 Å². The van der Waals surface area contributed by atoms with E-state index in [4.69, 9.17) is 0 Å². The maximum Gasteiger partial charge on any atom is 0.329 e. The lowest BCUT2D eigenvalue weighted by Crippen LogP contribution is -2.44. The molecule has 0 unspecified atom stereocenters. The van der Waals surface area contributed by atoms with Crippen LogP contribution < -0.4 is 11.2 Å². The molecule has 2 rings (SSSR count). The van der Waals surface area contributed by atoms with Gasteiger partial charge in [0.1, 0.15) is 5.82 Å². The van der Waals surface area contributed by atoms with E-state index in [-0.39, 0.29) is 10.9 Å². The van der Waals surface area contributed by atoms with Crippen LogP contribution in [-0.2, 0) is 5.54 Å². The minimum atomic E-state index is -0.693. The number of rotatable bonds is 0. The van der Waals surface area contributed by atoms with Crippen LogP contribution in [-0.4, -0.2) is 9.55 Å². The van der Waals surface area contributed by atoms with Gasteiger partial charge >= 0.3 is 5.69 Å². The van der Waals surface area contributed by atoms with Crippen LogP contribution in [0.15, 0.2) is 27.8 Å². The standard InChI is InChI=1S/C12H13FN2O2/c1-12(2,3)15-10(16)9-7(13)5-4-6-8(9)14-11(15)17/h4-6H,1-3H3,(H,14,17). The van der Waals surface area contributed by atoms with Gasteiger partial charge in [-0.3, -0.25) is 9.36 Å². The largest absolute Gasteiger partial charge is 0.329 e. The van der Waals surface area contributed by atoms with Crippen LogP contribution >= 0.6 is 0 Å². The highest BCUT2D eigenvalue weighted by atomic mass is 19.1. The summed E-state index contributed by atoms with van der Waals surface area (Å²) in [6.07, 6.45) is 0. The Balaban J connectivity index is 3.05. The first-order valence-electron chi connectivity index (χ1n) is 5.26. The van der Waals surface area contributed by atoms with E-state index in [1.807, 2.05) is 0 Å². The molecule has 0 fully saturated rings. The Hall–Kier alpha value is -1.91. The summed E-state index contributed by atoms with van der Waals surface area (Å²) in [5, 5.41) is -0.0815. The zero-order valence-electron chi connectivity index (χ0n) is 9.87. The first-order valence-corrected chi connectivity index (χ1v) is 5.26. The lowest BCUT2D eigenvalue weighted by atomic mass is 10.1. The number of benzene rings is 1. The highest BCUT2D eigenvalue weighted by Crippen LogP contribution is 2.13. The normalized spacial score (nSPS) is 12.0. The molecule has 0 aliphatic carbocycles. The quantitative estimate of drug-likeness (QED) is 0.755. The Kier molecular flexibility index (Phi) is 2.41. The van der Waals surface area contributed by atoms with Gasteiger partial charge in [-0.25, -0.2) is 9.18 Å². The Morgan fingerprint density at radius 1 is 1.24 bits per heavy atom. The van der Waals surface area contributed by atoms with Crippen molar-refractivity contribution in [1.82, 2.24) is 9.55 Å². The molecular formula is C12H13FN2O2. The average Bonchev–Trinajstić information content (AvgIpc) is 2.14. The number of hydrogen-bond acceptors (Lipinski definition) is 2. The minimum Gasteiger partial charge on any atom is -0.307 e. The van der Waals surface area contributed by atoms with Crippen molar-refractivity contribution >= 4 is 10.9 Å². The fourth-order valence-electron chi connectivity index (χ4n) is 1.83. The molecule has 1 aromatic heterocycles. The van der Waals surface area contributed by atoms with E-state index in [1.54, 1.807) is 20.8 Å². The van der Waals surface area contributed by atoms with Crippen molar-refractivity contribution in [2.24, 2.45) is 0 Å². The molecule has 0 aliphatic heterocycles. The summed E-state index contributed by atoms with van der Waals surface area (Å²) in [4.78, 5) is 26.4. The molecule has 0 atom stereocenters. The molecule has 0 bridgehead atoms. The monoisotopic (exact) mass is 236 g/mol. The van der Waals surface area contributed by atoms with Crippen molar-refractivity contribution in [2.75, 3.05) is 0 Å². The van der Waals surface area contributed by atoms with E-state index < -0.39 is 22.6 Å². The minimum absolute atomic E-state index is 0.0815. The van der Waals surface area contributed by atoms with E-state index in [0.29, 0.717) is 0 Å². The van der Waals surface area contributed by atoms with Gasteiger partial charge in [0.25, 0.3) is 5.56 Å². The van der Waals surface area contributed by atoms with Gasteiger partial charge in [0, 0.05) is 5.54 Å². The fraction of sp³-hybridized carbons (Fsp3) is 0.333. The molecule has 0 saturated carbocycles. The van der Waals surface area contributed by atoms with Crippen LogP contribution in [0.2, 0.25) is 0 Å². The van der Waals surface area contributed by atoms with Crippen molar-refractivity contribution in [3.63, 3.8) is 0 Å². The second kappa shape index (κ2) is 3.55. The summed E-state index contributed by atoms with van der Waals surface area (Å²) in [5.41, 5.74) is -1.60. The summed E-state index contributed by atoms with van der Waals surface area (Å²) >= 11 is 0. The number of hydrogen-bond donors (Lipinski definition) is 1. The van der Waals surface area contributed by atoms with Gasteiger partial charge in [0.15, 0.2) is 0 Å². The number of aromatic nitrogens is 2. The maximum absolute atomic E-state index is 13.6. The molecule has 0 amide bonds. The summed E-state index contributed by atoms with van der Waals surface area (Å²) in [6.45, 7) is 5.16. The summed E-state index contributed by atoms with van der Waals surface area (Å²) in [5.74, 6) is -0.623. The molecular weight excluding hydrogens is 223 g/mol. The smallest absolute Gasteiger partial charge is 0.307 e. The van der Waals surface area contributed by atoms with Crippen LogP contribution in [0, 0.1) is 5.82 Å². The van der Waals surface area contributed by atoms with Crippen molar-refractivity contribution < 1.29 is 4.39 Å². The Labute approximate surface area is 96.7 Å². The molecule has 1 heterocycles. The molecule has 1 N–H and O–H groups in total. The van der Waals surface area contributed by atoms with Gasteiger partial charge in [0.05, 0.1) is 10.9 Å². The SMILES string of the molecule is CC(C)(C)n1c(=O)[nH]c2cccc(F)c2c1=O. The maximum atomic E-state index is 13.6. The van der Waals surface area contributed by atoms with E-state index in [1.165, 1.54) is 18.2 Å². The number of halogens is 1. The molecule has 1 aromatic carbocycles. The first-order chi connectivity index (χ1) is 7.82. The third-order valence-electron chi connectivity index (χ3n) is 2.55. The predicted octanol–water partition coefficient (Wildman–Crippen LogP) is 1.58. The summed E-state index contributed by atoms with van der Waals surface area (Å²) in [6, 6.07) is 4.16. The Bertz CT molecular complexity index is 692. The van der Waals surface area contributed by atoms with Gasteiger partial charge in [-0.15, -0.1) is 0 Å². The molecule has 0 radical (unpaired) electrons. The summed E-state index contributed by atoms with van der Waals surface area (Å²) < 4.78 is 14.6. The van der Waals surface area contributed by atoms with Crippen molar-refractivity contribution in [2.45, 2.75) is 26.3 Å². The van der Waals surface area contributed by atoms with Crippen LogP contribution in [0.25, 0.3) is 10.9 Å². The molecule has 5 heteroatoms. The van der Waals surface area contributed by atoms with Gasteiger partial charge in [-0.05, 0) is 32.9 Å². The first kappa shape index (κ1) is 11.6. The van der Waals surface area contributed by atoms with E-state index in [2.05, 4.69) is 4.98 Å². The molecule has 90 valence electrons. The molecule has 0 spiro atoms. The molecule has 0 saturated heterocycles. The van der Waals surface area contributed by atoms with Crippen LogP contribution in [0.4, 0.5) is 4.39 Å². The average molecular weight is 236 g/mol. The Morgan fingerprint density at radius 2 is 1.88 bits per heavy atom. The second-order valence-corrected chi connectivity index (χ2v) is 4.90. The van der Waals surface area contributed by atoms with Crippen LogP contribution in [0.5, 0.6) is 0 Å². The molecule has 0 aliphatic rings. The van der Waals surface area contributed by atoms with E-state index >= 15 is 0 Å². The fourth-order valence-corrected chi connectivity index (χ4v) is 1.83. The molecule has 2 aromatic rings. The topological polar surface area (TPSA) is 54.9 Å². The van der Waals surface area contributed by atoms with Crippen LogP contribution in [0.1, 0.15) is 20.8 Å². The van der Waals surface area contributed by atoms with Crippen LogP contribution in [0.3, 0.4) is 0 Å². The second-order valence-electron chi connectivity index (χ2n) is 4.90. The number of aromatic amines is 1. The van der Waals surface area contributed by atoms with Gasteiger partial charge in [0.2, 0.25) is 0 Å². The third-order valence-corrected chi connectivity index (χ3v) is 2.55. The number of H-pyrrole nitrogens is 1. The van der Waals surface area contributed by atoms with E-state index in [0.717, 1.165) is 4.57 Å². The van der Waals surface area contributed by atoms with Crippen molar-refractivity contribution in [1.29, 1.82) is 0 Å². The highest BCUT2D eigenvalue weighted by Gasteiger charge is 2.20. The van der Waals surface area contributed by atoms with Crippen molar-refractivity contribution in [3.05, 3.63) is 44.9 Å². The number of nitrogens with zero attached hydrogens (tertiary/aromatic N) is 1. The summed E-state index contributed by atoms with van der Waals surface area (Å²) in [7, 11) is 0. The van der Waals surface area contributed by atoms with E-state index in [9.17, 15) is 14.0 Å². The van der Waals surface area contributed by atoms with Crippen molar-refractivity contribution in [3.8, 4) is 0 Å². The zero-order chi connectivity index (χ0) is 12.8. The van der Waals surface area contributed by atoms with Gasteiger partial charge in [-0.2, -0.15) is 0 Å².